The number of ether oxygens (including phenoxy) is 1. The Bertz CT molecular complexity index is 748. The van der Waals surface area contributed by atoms with Crippen LogP contribution in [0.4, 0.5) is 5.82 Å². The third kappa shape index (κ3) is 5.44. The first-order valence-electron chi connectivity index (χ1n) is 9.63. The van der Waals surface area contributed by atoms with Gasteiger partial charge in [-0.1, -0.05) is 25.5 Å². The summed E-state index contributed by atoms with van der Waals surface area (Å²) in [6, 6.07) is 10.3. The maximum Gasteiger partial charge on any atom is 0.280 e. The lowest BCUT2D eigenvalue weighted by atomic mass is 10.2. The van der Waals surface area contributed by atoms with Gasteiger partial charge in [-0.3, -0.25) is 4.79 Å². The van der Waals surface area contributed by atoms with Gasteiger partial charge < -0.3 is 15.0 Å². The molecular weight excluding hydrogens is 340 g/mol. The number of nitrogens with zero attached hydrogens (tertiary/aromatic N) is 2. The summed E-state index contributed by atoms with van der Waals surface area (Å²) < 4.78 is 7.47. The third-order valence-electron chi connectivity index (χ3n) is 4.87. The molecule has 0 saturated heterocycles. The first-order valence-corrected chi connectivity index (χ1v) is 9.63. The summed E-state index contributed by atoms with van der Waals surface area (Å²) in [5.41, 5.74) is 1.17. The van der Waals surface area contributed by atoms with Crippen LogP contribution in [0, 0.1) is 0 Å². The van der Waals surface area contributed by atoms with Crippen LogP contribution in [0.5, 0.6) is 5.75 Å². The second-order valence-corrected chi connectivity index (χ2v) is 7.20. The molecule has 0 bridgehead atoms. The number of nitrogens with one attached hydrogen (secondary N) is 2. The Labute approximate surface area is 160 Å². The van der Waals surface area contributed by atoms with E-state index < -0.39 is 0 Å². The van der Waals surface area contributed by atoms with E-state index in [4.69, 9.17) is 4.74 Å². The molecule has 1 aromatic heterocycles. The highest BCUT2D eigenvalue weighted by Gasteiger charge is 2.21. The van der Waals surface area contributed by atoms with Crippen molar-refractivity contribution in [2.45, 2.75) is 38.3 Å². The molecular formula is C21H29N4O2+. The van der Waals surface area contributed by atoms with Gasteiger partial charge in [0.25, 0.3) is 5.91 Å². The monoisotopic (exact) mass is 369 g/mol. The van der Waals surface area contributed by atoms with Crippen molar-refractivity contribution < 1.29 is 14.4 Å². The number of benzene rings is 1. The van der Waals surface area contributed by atoms with Crippen LogP contribution in [-0.2, 0) is 11.3 Å². The lowest BCUT2D eigenvalue weighted by Gasteiger charge is -2.17. The molecule has 1 amide bonds. The predicted molar refractivity (Wildman–Crippen MR) is 106 cm³/mol. The van der Waals surface area contributed by atoms with Gasteiger partial charge >= 0.3 is 0 Å². The molecule has 0 aliphatic heterocycles. The van der Waals surface area contributed by atoms with E-state index in [1.54, 1.807) is 12.3 Å². The van der Waals surface area contributed by atoms with Crippen molar-refractivity contribution in [3.05, 3.63) is 54.7 Å². The molecule has 6 heteroatoms. The summed E-state index contributed by atoms with van der Waals surface area (Å²) in [6.07, 6.45) is 8.25. The molecule has 6 nitrogen and oxygen atoms in total. The Morgan fingerprint density at radius 1 is 1.33 bits per heavy atom. The highest BCUT2D eigenvalue weighted by atomic mass is 16.5. The maximum atomic E-state index is 12.4. The van der Waals surface area contributed by atoms with Crippen molar-refractivity contribution in [3.63, 3.8) is 0 Å². The van der Waals surface area contributed by atoms with E-state index in [0.717, 1.165) is 35.9 Å². The Balaban J connectivity index is 1.49. The fourth-order valence-corrected chi connectivity index (χ4v) is 3.58. The second kappa shape index (κ2) is 9.37. The Kier molecular flexibility index (Phi) is 6.65. The highest BCUT2D eigenvalue weighted by Crippen LogP contribution is 2.31. The maximum absolute atomic E-state index is 12.4. The van der Waals surface area contributed by atoms with E-state index >= 15 is 0 Å². The molecule has 1 aliphatic carbocycles. The van der Waals surface area contributed by atoms with Crippen molar-refractivity contribution in [2.24, 2.45) is 0 Å². The predicted octanol–water partition coefficient (Wildman–Crippen LogP) is 2.22. The number of anilines is 1. The van der Waals surface area contributed by atoms with Crippen molar-refractivity contribution in [3.8, 4) is 5.75 Å². The van der Waals surface area contributed by atoms with E-state index in [2.05, 4.69) is 17.0 Å². The summed E-state index contributed by atoms with van der Waals surface area (Å²) in [6.45, 7) is 5.33. The van der Waals surface area contributed by atoms with Crippen LogP contribution in [0.2, 0.25) is 0 Å². The summed E-state index contributed by atoms with van der Waals surface area (Å²) in [5.74, 6) is 1.65. The van der Waals surface area contributed by atoms with Gasteiger partial charge in [0.05, 0.1) is 19.3 Å². The Morgan fingerprint density at radius 3 is 2.78 bits per heavy atom. The number of hydrogen-bond donors (Lipinski definition) is 2. The molecule has 0 spiro atoms. The Morgan fingerprint density at radius 2 is 2.07 bits per heavy atom. The number of amides is 1. The lowest BCUT2D eigenvalue weighted by Crippen LogP contribution is -3.08. The van der Waals surface area contributed by atoms with Gasteiger partial charge in [0, 0.05) is 11.6 Å². The molecule has 1 saturated carbocycles. The normalized spacial score (nSPS) is 15.4. The molecule has 1 fully saturated rings. The highest BCUT2D eigenvalue weighted by molar-refractivity contribution is 5.90. The lowest BCUT2D eigenvalue weighted by molar-refractivity contribution is -0.885. The average molecular weight is 369 g/mol. The number of rotatable bonds is 9. The third-order valence-corrected chi connectivity index (χ3v) is 4.87. The van der Waals surface area contributed by atoms with Gasteiger partial charge in [-0.25, -0.2) is 4.68 Å². The smallest absolute Gasteiger partial charge is 0.280 e. The molecule has 1 heterocycles. The zero-order valence-corrected chi connectivity index (χ0v) is 16.0. The van der Waals surface area contributed by atoms with Gasteiger partial charge in [-0.15, -0.1) is 0 Å². The first kappa shape index (κ1) is 19.2. The minimum absolute atomic E-state index is 0.0122. The first-order chi connectivity index (χ1) is 13.2. The summed E-state index contributed by atoms with van der Waals surface area (Å²) in [5, 5.41) is 7.43. The number of hydrogen-bond acceptors (Lipinski definition) is 3. The van der Waals surface area contributed by atoms with Gasteiger partial charge in [-0.2, -0.15) is 5.10 Å². The molecule has 3 rings (SSSR count). The van der Waals surface area contributed by atoms with Crippen molar-refractivity contribution in [1.82, 2.24) is 9.78 Å². The van der Waals surface area contributed by atoms with Crippen molar-refractivity contribution in [2.75, 3.05) is 25.5 Å². The van der Waals surface area contributed by atoms with Gasteiger partial charge in [0.1, 0.15) is 24.7 Å². The van der Waals surface area contributed by atoms with Crippen LogP contribution in [0.1, 0.15) is 37.3 Å². The fourth-order valence-electron chi connectivity index (χ4n) is 3.58. The molecule has 2 aromatic rings. The van der Waals surface area contributed by atoms with Gasteiger partial charge in [-0.05, 0) is 37.1 Å². The molecule has 1 atom stereocenters. The fraction of sp³-hybridized carbons (Fsp3) is 0.429. The van der Waals surface area contributed by atoms with Crippen molar-refractivity contribution in [1.29, 1.82) is 0 Å². The molecule has 1 aliphatic rings. The summed E-state index contributed by atoms with van der Waals surface area (Å²) >= 11 is 0. The van der Waals surface area contributed by atoms with E-state index in [0.29, 0.717) is 19.2 Å². The van der Waals surface area contributed by atoms with Crippen LogP contribution in [0.25, 0.3) is 0 Å². The van der Waals surface area contributed by atoms with E-state index in [1.807, 2.05) is 42.1 Å². The molecule has 2 N–H and O–H groups in total. The Hall–Kier alpha value is -2.60. The number of carbonyl (C=O) groups excluding carboxylic acids is 1. The minimum atomic E-state index is 0.0122. The van der Waals surface area contributed by atoms with Gasteiger partial charge in [0.2, 0.25) is 0 Å². The second-order valence-electron chi connectivity index (χ2n) is 7.20. The van der Waals surface area contributed by atoms with E-state index in [-0.39, 0.29) is 5.91 Å². The van der Waals surface area contributed by atoms with Gasteiger partial charge in [0.15, 0.2) is 6.54 Å². The largest absolute Gasteiger partial charge is 0.490 e. The SMILES string of the molecule is C=CCOc1ccc(C[NH+](C)CC(=O)Nc2ccnn2C2CCCC2)cc1. The minimum Gasteiger partial charge on any atom is -0.490 e. The number of quaternary nitrogens is 1. The zero-order valence-electron chi connectivity index (χ0n) is 16.0. The molecule has 1 unspecified atom stereocenters. The molecule has 144 valence electrons. The van der Waals surface area contributed by atoms with E-state index in [1.165, 1.54) is 18.4 Å². The zero-order chi connectivity index (χ0) is 19.1. The van der Waals surface area contributed by atoms with Crippen LogP contribution in [-0.4, -0.2) is 35.9 Å². The number of likely N-dealkylation sites (N-methyl/N-ethyl adjacent to an activating group) is 1. The quantitative estimate of drug-likeness (QED) is 0.667. The molecule has 0 radical (unpaired) electrons. The van der Waals surface area contributed by atoms with Crippen LogP contribution in [0.3, 0.4) is 0 Å². The van der Waals surface area contributed by atoms with Crippen molar-refractivity contribution >= 4 is 11.7 Å². The molecule has 27 heavy (non-hydrogen) atoms. The van der Waals surface area contributed by atoms with E-state index in [9.17, 15) is 4.79 Å². The number of carbonyl (C=O) groups is 1. The standard InChI is InChI=1S/C21H28N4O2/c1-3-14-27-19-10-8-17(9-11-19)15-24(2)16-21(26)23-20-12-13-22-25(20)18-6-4-5-7-18/h3,8-13,18H,1,4-7,14-16H2,2H3,(H,23,26)/p+1. The summed E-state index contributed by atoms with van der Waals surface area (Å²) in [4.78, 5) is 13.6. The van der Waals surface area contributed by atoms with Crippen LogP contribution in [0.15, 0.2) is 49.2 Å². The average Bonchev–Trinajstić information content (AvgIpc) is 3.32. The van der Waals surface area contributed by atoms with Crippen LogP contribution >= 0.6 is 0 Å². The molecule has 1 aromatic carbocycles. The topological polar surface area (TPSA) is 60.6 Å². The summed E-state index contributed by atoms with van der Waals surface area (Å²) in [7, 11) is 2.02. The van der Waals surface area contributed by atoms with Crippen LogP contribution < -0.4 is 15.0 Å². The number of aromatic nitrogens is 2.